The molecule has 2 amide bonds. The van der Waals surface area contributed by atoms with Gasteiger partial charge in [-0.05, 0) is 17.7 Å². The molecule has 2 heterocycles. The topological polar surface area (TPSA) is 83.0 Å². The van der Waals surface area contributed by atoms with Gasteiger partial charge in [-0.3, -0.25) is 14.5 Å². The summed E-state index contributed by atoms with van der Waals surface area (Å²) in [6, 6.07) is 24.7. The summed E-state index contributed by atoms with van der Waals surface area (Å²) < 4.78 is 5.43. The van der Waals surface area contributed by atoms with Crippen LogP contribution in [-0.4, -0.2) is 54.9 Å². The van der Waals surface area contributed by atoms with E-state index in [1.165, 1.54) is 0 Å². The molecule has 1 fully saturated rings. The molecule has 0 spiro atoms. The Morgan fingerprint density at radius 1 is 0.971 bits per heavy atom. The first-order valence-electron chi connectivity index (χ1n) is 11.4. The molecule has 2 N–H and O–H groups in total. The third kappa shape index (κ3) is 4.76. The minimum atomic E-state index is -1.06. The molecule has 3 aromatic carbocycles. The number of rotatable bonds is 5. The average Bonchev–Trinajstić information content (AvgIpc) is 3.01. The number of nitrogens with zero attached hydrogens (tertiary/aromatic N) is 2. The number of benzodiazepines with no additional fused rings is 1. The van der Waals surface area contributed by atoms with Gasteiger partial charge in [0.1, 0.15) is 0 Å². The van der Waals surface area contributed by atoms with Crippen LogP contribution in [-0.2, 0) is 16.1 Å². The van der Waals surface area contributed by atoms with Gasteiger partial charge < -0.3 is 15.4 Å². The van der Waals surface area contributed by atoms with Gasteiger partial charge in [0, 0.05) is 36.3 Å². The van der Waals surface area contributed by atoms with Gasteiger partial charge in [-0.2, -0.15) is 0 Å². The Bertz CT molecular complexity index is 1220. The van der Waals surface area contributed by atoms with E-state index >= 15 is 0 Å². The lowest BCUT2D eigenvalue weighted by Crippen LogP contribution is -2.43. The fraction of sp³-hybridized carbons (Fsp3) is 0.222. The van der Waals surface area contributed by atoms with Crippen molar-refractivity contribution in [3.63, 3.8) is 0 Å². The van der Waals surface area contributed by atoms with E-state index in [0.29, 0.717) is 36.7 Å². The van der Waals surface area contributed by atoms with E-state index in [-0.39, 0.29) is 11.8 Å². The van der Waals surface area contributed by atoms with Crippen molar-refractivity contribution in [2.45, 2.75) is 12.7 Å². The molecule has 5 rings (SSSR count). The van der Waals surface area contributed by atoms with Crippen molar-refractivity contribution in [2.75, 3.05) is 31.6 Å². The predicted octanol–water partition coefficient (Wildman–Crippen LogP) is 3.06. The maximum absolute atomic E-state index is 13.3. The molecule has 0 saturated carbocycles. The third-order valence-electron chi connectivity index (χ3n) is 6.02. The largest absolute Gasteiger partial charge is 0.379 e. The van der Waals surface area contributed by atoms with Gasteiger partial charge in [0.25, 0.3) is 11.8 Å². The summed E-state index contributed by atoms with van der Waals surface area (Å²) in [5, 5.41) is 5.77. The van der Waals surface area contributed by atoms with Crippen LogP contribution in [0.4, 0.5) is 5.69 Å². The fourth-order valence-electron chi connectivity index (χ4n) is 4.26. The Morgan fingerprint density at radius 2 is 1.68 bits per heavy atom. The molecule has 2 aliphatic heterocycles. The molecule has 0 aliphatic carbocycles. The van der Waals surface area contributed by atoms with Crippen LogP contribution in [0.5, 0.6) is 0 Å². The van der Waals surface area contributed by atoms with E-state index in [9.17, 15) is 9.59 Å². The normalized spacial score (nSPS) is 18.3. The van der Waals surface area contributed by atoms with Gasteiger partial charge in [0.2, 0.25) is 6.17 Å². The quantitative estimate of drug-likeness (QED) is 0.621. The number of aliphatic imine (C=N–C) groups is 1. The number of ether oxygens (including phenoxy) is 1. The van der Waals surface area contributed by atoms with Crippen LogP contribution in [0.15, 0.2) is 83.9 Å². The first kappa shape index (κ1) is 22.0. The average molecular weight is 455 g/mol. The lowest BCUT2D eigenvalue weighted by Gasteiger charge is -2.27. The van der Waals surface area contributed by atoms with Crippen LogP contribution in [0.1, 0.15) is 27.0 Å². The molecular formula is C27H26N4O3. The number of carbonyl (C=O) groups excluding carboxylic acids is 2. The molecule has 0 aromatic heterocycles. The van der Waals surface area contributed by atoms with E-state index in [1.807, 2.05) is 72.8 Å². The number of amides is 2. The standard InChI is InChI=1S/C27H26N4O3/c32-26(21-11-5-4-10-20(21)18-31-14-16-34-17-15-31)30-25-27(33)28-23-13-7-6-12-22(23)24(29-25)19-8-2-1-3-9-19/h1-13,25H,14-18H2,(H,28,33)(H,30,32). The molecular weight excluding hydrogens is 428 g/mol. The fourth-order valence-corrected chi connectivity index (χ4v) is 4.26. The highest BCUT2D eigenvalue weighted by atomic mass is 16.5. The molecule has 7 nitrogen and oxygen atoms in total. The van der Waals surface area contributed by atoms with Crippen molar-refractivity contribution >= 4 is 23.2 Å². The number of carbonyl (C=O) groups is 2. The number of para-hydroxylation sites is 1. The second-order valence-corrected chi connectivity index (χ2v) is 8.30. The number of benzene rings is 3. The Labute approximate surface area is 198 Å². The van der Waals surface area contributed by atoms with Crippen molar-refractivity contribution in [3.8, 4) is 0 Å². The Hall–Kier alpha value is -3.81. The van der Waals surface area contributed by atoms with E-state index in [0.717, 1.165) is 29.8 Å². The number of nitrogens with one attached hydrogen (secondary N) is 2. The van der Waals surface area contributed by atoms with E-state index in [1.54, 1.807) is 6.07 Å². The molecule has 172 valence electrons. The second-order valence-electron chi connectivity index (χ2n) is 8.30. The van der Waals surface area contributed by atoms with Crippen molar-refractivity contribution in [1.82, 2.24) is 10.2 Å². The van der Waals surface area contributed by atoms with Crippen molar-refractivity contribution < 1.29 is 14.3 Å². The number of hydrogen-bond donors (Lipinski definition) is 2. The SMILES string of the molecule is O=C(NC1N=C(c2ccccc2)c2ccccc2NC1=O)c1ccccc1CN1CCOCC1. The molecule has 1 unspecified atom stereocenters. The highest BCUT2D eigenvalue weighted by Crippen LogP contribution is 2.24. The summed E-state index contributed by atoms with van der Waals surface area (Å²) in [5.41, 5.74) is 4.46. The Morgan fingerprint density at radius 3 is 2.50 bits per heavy atom. The lowest BCUT2D eigenvalue weighted by molar-refractivity contribution is -0.117. The van der Waals surface area contributed by atoms with Gasteiger partial charge >= 0.3 is 0 Å². The summed E-state index contributed by atoms with van der Waals surface area (Å²) in [7, 11) is 0. The van der Waals surface area contributed by atoms with Crippen LogP contribution in [0.25, 0.3) is 0 Å². The molecule has 1 saturated heterocycles. The van der Waals surface area contributed by atoms with Gasteiger partial charge in [-0.25, -0.2) is 4.99 Å². The smallest absolute Gasteiger partial charge is 0.269 e. The first-order valence-corrected chi connectivity index (χ1v) is 11.4. The molecule has 0 bridgehead atoms. The molecule has 2 aliphatic rings. The Kier molecular flexibility index (Phi) is 6.46. The minimum absolute atomic E-state index is 0.328. The molecule has 1 atom stereocenters. The highest BCUT2D eigenvalue weighted by molar-refractivity contribution is 6.20. The molecule has 0 radical (unpaired) electrons. The zero-order valence-electron chi connectivity index (χ0n) is 18.7. The zero-order chi connectivity index (χ0) is 23.3. The van der Waals surface area contributed by atoms with Crippen LogP contribution < -0.4 is 10.6 Å². The van der Waals surface area contributed by atoms with Crippen LogP contribution >= 0.6 is 0 Å². The van der Waals surface area contributed by atoms with Crippen LogP contribution in [0.3, 0.4) is 0 Å². The number of morpholine rings is 1. The maximum Gasteiger partial charge on any atom is 0.269 e. The molecule has 3 aromatic rings. The van der Waals surface area contributed by atoms with Gasteiger partial charge in [0.15, 0.2) is 0 Å². The number of fused-ring (bicyclic) bond motifs is 1. The highest BCUT2D eigenvalue weighted by Gasteiger charge is 2.28. The van der Waals surface area contributed by atoms with E-state index < -0.39 is 6.17 Å². The lowest BCUT2D eigenvalue weighted by atomic mass is 10.0. The predicted molar refractivity (Wildman–Crippen MR) is 131 cm³/mol. The minimum Gasteiger partial charge on any atom is -0.379 e. The van der Waals surface area contributed by atoms with Crippen molar-refractivity contribution in [1.29, 1.82) is 0 Å². The molecule has 34 heavy (non-hydrogen) atoms. The number of hydrogen-bond acceptors (Lipinski definition) is 5. The van der Waals surface area contributed by atoms with Crippen molar-refractivity contribution in [2.24, 2.45) is 4.99 Å². The van der Waals surface area contributed by atoms with E-state index in [4.69, 9.17) is 9.73 Å². The monoisotopic (exact) mass is 454 g/mol. The summed E-state index contributed by atoms with van der Waals surface area (Å²) in [4.78, 5) is 33.4. The second kappa shape index (κ2) is 9.99. The number of anilines is 1. The summed E-state index contributed by atoms with van der Waals surface area (Å²) in [6.45, 7) is 3.67. The van der Waals surface area contributed by atoms with Gasteiger partial charge in [-0.1, -0.05) is 66.7 Å². The van der Waals surface area contributed by atoms with Crippen LogP contribution in [0, 0.1) is 0 Å². The summed E-state index contributed by atoms with van der Waals surface area (Å²) in [5.74, 6) is -0.705. The van der Waals surface area contributed by atoms with Gasteiger partial charge in [0.05, 0.1) is 24.6 Å². The Balaban J connectivity index is 1.44. The van der Waals surface area contributed by atoms with Crippen molar-refractivity contribution in [3.05, 3.63) is 101 Å². The summed E-state index contributed by atoms with van der Waals surface area (Å²) in [6.07, 6.45) is -1.06. The van der Waals surface area contributed by atoms with E-state index in [2.05, 4.69) is 15.5 Å². The summed E-state index contributed by atoms with van der Waals surface area (Å²) >= 11 is 0. The van der Waals surface area contributed by atoms with Crippen LogP contribution in [0.2, 0.25) is 0 Å². The third-order valence-corrected chi connectivity index (χ3v) is 6.02. The van der Waals surface area contributed by atoms with Gasteiger partial charge in [-0.15, -0.1) is 0 Å². The first-order chi connectivity index (χ1) is 16.7. The maximum atomic E-state index is 13.3. The zero-order valence-corrected chi connectivity index (χ0v) is 18.7. The molecule has 7 heteroatoms.